The third-order valence-electron chi connectivity index (χ3n) is 5.12. The number of hydrogen-bond acceptors (Lipinski definition) is 7. The number of imidazole rings is 1. The molecule has 4 rings (SSSR count). The molecule has 0 aromatic carbocycles. The van der Waals surface area contributed by atoms with Crippen molar-refractivity contribution in [2.24, 2.45) is 12.0 Å². The minimum atomic E-state index is -0.489. The number of thioether (sulfide) groups is 1. The maximum atomic E-state index is 13.2. The fourth-order valence-corrected chi connectivity index (χ4v) is 4.71. The lowest BCUT2D eigenvalue weighted by molar-refractivity contribution is -0.169. The second-order valence-corrected chi connectivity index (χ2v) is 8.09. The maximum Gasteiger partial charge on any atom is 0.276 e. The number of nitrogens with zero attached hydrogens (tertiary/aromatic N) is 6. The van der Waals surface area contributed by atoms with E-state index in [2.05, 4.69) is 9.97 Å². The molecule has 2 aromatic heterocycles. The van der Waals surface area contributed by atoms with Crippen LogP contribution in [0.2, 0.25) is 0 Å². The maximum absolute atomic E-state index is 13.2. The van der Waals surface area contributed by atoms with Crippen molar-refractivity contribution in [2.75, 3.05) is 30.0 Å². The van der Waals surface area contributed by atoms with Gasteiger partial charge in [-0.2, -0.15) is 11.8 Å². The van der Waals surface area contributed by atoms with Crippen molar-refractivity contribution < 1.29 is 9.63 Å². The lowest BCUT2D eigenvalue weighted by Gasteiger charge is -2.29. The van der Waals surface area contributed by atoms with Crippen LogP contribution < -0.4 is 4.90 Å². The van der Waals surface area contributed by atoms with E-state index >= 15 is 0 Å². The van der Waals surface area contributed by atoms with Gasteiger partial charge in [-0.3, -0.25) is 9.78 Å². The van der Waals surface area contributed by atoms with Gasteiger partial charge in [-0.1, -0.05) is 0 Å². The summed E-state index contributed by atoms with van der Waals surface area (Å²) in [6, 6.07) is 3.70. The number of hydrogen-bond donors (Lipinski definition) is 0. The van der Waals surface area contributed by atoms with E-state index in [0.29, 0.717) is 23.9 Å². The van der Waals surface area contributed by atoms with E-state index in [0.717, 1.165) is 30.0 Å². The van der Waals surface area contributed by atoms with Crippen LogP contribution in [-0.4, -0.2) is 62.2 Å². The Hall–Kier alpha value is -2.39. The number of amides is 1. The molecule has 0 unspecified atom stereocenters. The zero-order chi connectivity index (χ0) is 19.7. The van der Waals surface area contributed by atoms with Crippen molar-refractivity contribution in [2.45, 2.75) is 25.5 Å². The Morgan fingerprint density at radius 2 is 2.11 bits per heavy atom. The average Bonchev–Trinajstić information content (AvgIpc) is 3.23. The van der Waals surface area contributed by atoms with E-state index < -0.39 is 5.72 Å². The summed E-state index contributed by atoms with van der Waals surface area (Å²) in [5.74, 6) is 3.24. The fourth-order valence-electron chi connectivity index (χ4n) is 3.58. The molecule has 0 atom stereocenters. The summed E-state index contributed by atoms with van der Waals surface area (Å²) in [6.07, 6.45) is 6.75. The molecule has 0 saturated carbocycles. The number of rotatable bonds is 4. The molecule has 2 aliphatic rings. The van der Waals surface area contributed by atoms with Crippen LogP contribution in [0.4, 0.5) is 5.69 Å². The minimum Gasteiger partial charge on any atom is -0.320 e. The van der Waals surface area contributed by atoms with Gasteiger partial charge in [-0.15, -0.1) is 0 Å². The molecule has 1 fully saturated rings. The zero-order valence-electron chi connectivity index (χ0n) is 16.3. The Morgan fingerprint density at radius 1 is 1.32 bits per heavy atom. The van der Waals surface area contributed by atoms with Gasteiger partial charge in [0.15, 0.2) is 17.4 Å². The third-order valence-corrected chi connectivity index (χ3v) is 6.10. The van der Waals surface area contributed by atoms with Crippen LogP contribution in [0, 0.1) is 0 Å². The van der Waals surface area contributed by atoms with Crippen molar-refractivity contribution in [3.63, 3.8) is 0 Å². The van der Waals surface area contributed by atoms with Gasteiger partial charge in [0.1, 0.15) is 5.69 Å². The molecule has 28 heavy (non-hydrogen) atoms. The number of aromatic nitrogens is 3. The Balaban J connectivity index is 1.64. The standard InChI is InChI=1S/C19H24N6O2S/c1-4-25(14-6-5-9-20-12-14)18(26)15-13-21-16(23(15)2)17-22-19(27-24(17)3)7-10-28-11-8-19/h5-6,9,12-13H,4,7-8,10-11H2,1-3H3. The number of carbonyl (C=O) groups excluding carboxylic acids is 1. The van der Waals surface area contributed by atoms with Crippen LogP contribution in [0.5, 0.6) is 0 Å². The first-order valence-electron chi connectivity index (χ1n) is 9.39. The third kappa shape index (κ3) is 3.29. The molecule has 8 nitrogen and oxygen atoms in total. The van der Waals surface area contributed by atoms with E-state index in [-0.39, 0.29) is 5.91 Å². The molecule has 1 saturated heterocycles. The van der Waals surface area contributed by atoms with Crippen molar-refractivity contribution in [3.8, 4) is 0 Å². The summed E-state index contributed by atoms with van der Waals surface area (Å²) in [4.78, 5) is 34.4. The van der Waals surface area contributed by atoms with Crippen LogP contribution in [0.3, 0.4) is 0 Å². The normalized spacial score (nSPS) is 18.4. The van der Waals surface area contributed by atoms with Gasteiger partial charge in [0.25, 0.3) is 5.91 Å². The van der Waals surface area contributed by atoms with Gasteiger partial charge in [0.05, 0.1) is 18.1 Å². The van der Waals surface area contributed by atoms with Gasteiger partial charge in [0, 0.05) is 39.7 Å². The van der Waals surface area contributed by atoms with Gasteiger partial charge in [-0.25, -0.2) is 19.9 Å². The van der Waals surface area contributed by atoms with Crippen LogP contribution in [0.15, 0.2) is 35.7 Å². The second-order valence-electron chi connectivity index (χ2n) is 6.87. The Bertz CT molecular complexity index is 891. The molecule has 4 heterocycles. The predicted octanol–water partition coefficient (Wildman–Crippen LogP) is 2.33. The van der Waals surface area contributed by atoms with E-state index in [4.69, 9.17) is 9.83 Å². The van der Waals surface area contributed by atoms with Crippen molar-refractivity contribution in [3.05, 3.63) is 42.2 Å². The first-order chi connectivity index (χ1) is 13.5. The van der Waals surface area contributed by atoms with Crippen molar-refractivity contribution in [1.29, 1.82) is 0 Å². The monoisotopic (exact) mass is 400 g/mol. The highest BCUT2D eigenvalue weighted by atomic mass is 32.2. The first kappa shape index (κ1) is 18.9. The molecule has 0 bridgehead atoms. The quantitative estimate of drug-likeness (QED) is 0.784. The predicted molar refractivity (Wildman–Crippen MR) is 109 cm³/mol. The van der Waals surface area contributed by atoms with Crippen LogP contribution in [0.25, 0.3) is 0 Å². The number of anilines is 1. The molecule has 2 aliphatic heterocycles. The summed E-state index contributed by atoms with van der Waals surface area (Å²) in [7, 11) is 3.68. The number of amidine groups is 1. The summed E-state index contributed by atoms with van der Waals surface area (Å²) < 4.78 is 1.79. The molecular formula is C19H24N6O2S. The average molecular weight is 401 g/mol. The molecule has 9 heteroatoms. The number of pyridine rings is 1. The lowest BCUT2D eigenvalue weighted by atomic mass is 10.1. The Labute approximate surface area is 168 Å². The lowest BCUT2D eigenvalue weighted by Crippen LogP contribution is -2.35. The molecule has 148 valence electrons. The molecule has 2 aromatic rings. The minimum absolute atomic E-state index is 0.123. The highest BCUT2D eigenvalue weighted by Crippen LogP contribution is 2.36. The second kappa shape index (κ2) is 7.56. The van der Waals surface area contributed by atoms with Gasteiger partial charge in [-0.05, 0) is 30.6 Å². The van der Waals surface area contributed by atoms with Crippen LogP contribution in [-0.2, 0) is 11.9 Å². The molecule has 0 N–H and O–H groups in total. The van der Waals surface area contributed by atoms with E-state index in [1.807, 2.05) is 44.9 Å². The fraction of sp³-hybridized carbons (Fsp3) is 0.474. The highest BCUT2D eigenvalue weighted by Gasteiger charge is 2.42. The van der Waals surface area contributed by atoms with Crippen LogP contribution >= 0.6 is 11.8 Å². The molecule has 0 radical (unpaired) electrons. The summed E-state index contributed by atoms with van der Waals surface area (Å²) in [5.41, 5.74) is 0.767. The van der Waals surface area contributed by atoms with Gasteiger partial charge >= 0.3 is 0 Å². The highest BCUT2D eigenvalue weighted by molar-refractivity contribution is 7.99. The van der Waals surface area contributed by atoms with E-state index in [9.17, 15) is 4.79 Å². The molecule has 0 aliphatic carbocycles. The molecule has 1 amide bonds. The van der Waals surface area contributed by atoms with Gasteiger partial charge in [0.2, 0.25) is 0 Å². The Kier molecular flexibility index (Phi) is 5.11. The summed E-state index contributed by atoms with van der Waals surface area (Å²) >= 11 is 1.92. The summed E-state index contributed by atoms with van der Waals surface area (Å²) in [5, 5.41) is 1.69. The van der Waals surface area contributed by atoms with Crippen LogP contribution in [0.1, 0.15) is 36.1 Å². The number of aliphatic imine (C=N–C) groups is 1. The SMILES string of the molecule is CCN(C(=O)c1cnc(C2=NC3(CCSCC3)ON2C)n1C)c1cccnc1. The number of hydroxylamine groups is 2. The van der Waals surface area contributed by atoms with Crippen molar-refractivity contribution in [1.82, 2.24) is 19.6 Å². The first-order valence-corrected chi connectivity index (χ1v) is 10.5. The summed E-state index contributed by atoms with van der Waals surface area (Å²) in [6.45, 7) is 2.48. The zero-order valence-corrected chi connectivity index (χ0v) is 17.1. The number of carbonyl (C=O) groups is 1. The molecular weight excluding hydrogens is 376 g/mol. The van der Waals surface area contributed by atoms with E-state index in [1.165, 1.54) is 0 Å². The van der Waals surface area contributed by atoms with E-state index in [1.54, 1.807) is 33.1 Å². The topological polar surface area (TPSA) is 75.9 Å². The van der Waals surface area contributed by atoms with Gasteiger partial charge < -0.3 is 9.47 Å². The molecule has 1 spiro atoms. The largest absolute Gasteiger partial charge is 0.320 e. The van der Waals surface area contributed by atoms with Crippen molar-refractivity contribution >= 4 is 29.2 Å². The Morgan fingerprint density at radius 3 is 2.79 bits per heavy atom. The smallest absolute Gasteiger partial charge is 0.276 e.